The van der Waals surface area contributed by atoms with E-state index in [1.807, 2.05) is 0 Å². The van der Waals surface area contributed by atoms with Crippen molar-refractivity contribution in [2.75, 3.05) is 26.2 Å². The lowest BCUT2D eigenvalue weighted by atomic mass is 9.99. The molecule has 0 amide bonds. The van der Waals surface area contributed by atoms with Gasteiger partial charge in [0.15, 0.2) is 0 Å². The van der Waals surface area contributed by atoms with Gasteiger partial charge >= 0.3 is 0 Å². The minimum Gasteiger partial charge on any atom is -0.310 e. The van der Waals surface area contributed by atoms with Crippen LogP contribution < -0.4 is 5.32 Å². The van der Waals surface area contributed by atoms with E-state index in [1.54, 1.807) is 0 Å². The Balaban J connectivity index is 2.52. The lowest BCUT2D eigenvalue weighted by molar-refractivity contribution is 0.224. The molecule has 0 aromatic heterocycles. The van der Waals surface area contributed by atoms with E-state index in [-0.39, 0.29) is 0 Å². The second-order valence-corrected chi connectivity index (χ2v) is 4.06. The third kappa shape index (κ3) is 2.46. The van der Waals surface area contributed by atoms with E-state index in [1.165, 1.54) is 39.0 Å². The van der Waals surface area contributed by atoms with Crippen LogP contribution in [-0.4, -0.2) is 36.6 Å². The van der Waals surface area contributed by atoms with Gasteiger partial charge in [0.2, 0.25) is 0 Å². The Kier molecular flexibility index (Phi) is 3.53. The van der Waals surface area contributed by atoms with Crippen molar-refractivity contribution < 1.29 is 0 Å². The predicted octanol–water partition coefficient (Wildman–Crippen LogP) is 1.47. The van der Waals surface area contributed by atoms with Crippen LogP contribution in [0.3, 0.4) is 0 Å². The highest BCUT2D eigenvalue weighted by Gasteiger charge is 2.25. The molecule has 1 atom stereocenters. The first-order chi connectivity index (χ1) is 5.70. The molecule has 0 bridgehead atoms. The second kappa shape index (κ2) is 4.24. The zero-order valence-corrected chi connectivity index (χ0v) is 8.69. The smallest absolute Gasteiger partial charge is 0.0277 e. The van der Waals surface area contributed by atoms with Crippen molar-refractivity contribution in [3.05, 3.63) is 0 Å². The largest absolute Gasteiger partial charge is 0.310 e. The van der Waals surface area contributed by atoms with Gasteiger partial charge < -0.3 is 10.2 Å². The Morgan fingerprint density at radius 2 is 2.17 bits per heavy atom. The van der Waals surface area contributed by atoms with Crippen LogP contribution >= 0.6 is 0 Å². The average Bonchev–Trinajstić information content (AvgIpc) is 2.28. The molecule has 1 rings (SSSR count). The fourth-order valence-electron chi connectivity index (χ4n) is 1.83. The van der Waals surface area contributed by atoms with Gasteiger partial charge in [0.25, 0.3) is 0 Å². The summed E-state index contributed by atoms with van der Waals surface area (Å²) in [6, 6.07) is 0. The molecule has 1 fully saturated rings. The molecule has 2 heteroatoms. The molecule has 2 nitrogen and oxygen atoms in total. The van der Waals surface area contributed by atoms with Crippen LogP contribution in [0.2, 0.25) is 0 Å². The molecule has 0 spiro atoms. The first-order valence-electron chi connectivity index (χ1n) is 5.17. The molecule has 1 unspecified atom stereocenters. The number of rotatable bonds is 2. The zero-order valence-electron chi connectivity index (χ0n) is 8.69. The second-order valence-electron chi connectivity index (χ2n) is 4.06. The normalized spacial score (nSPS) is 33.2. The molecule has 0 aromatic carbocycles. The van der Waals surface area contributed by atoms with Crippen molar-refractivity contribution in [1.82, 2.24) is 10.2 Å². The summed E-state index contributed by atoms with van der Waals surface area (Å²) in [7, 11) is 0. The van der Waals surface area contributed by atoms with E-state index in [4.69, 9.17) is 0 Å². The van der Waals surface area contributed by atoms with Crippen molar-refractivity contribution >= 4 is 0 Å². The summed E-state index contributed by atoms with van der Waals surface area (Å²) < 4.78 is 0. The van der Waals surface area contributed by atoms with Crippen molar-refractivity contribution in [2.24, 2.45) is 0 Å². The highest BCUT2D eigenvalue weighted by atomic mass is 15.2. The highest BCUT2D eigenvalue weighted by molar-refractivity contribution is 4.87. The topological polar surface area (TPSA) is 15.3 Å². The third-order valence-electron chi connectivity index (χ3n) is 3.00. The lowest BCUT2D eigenvalue weighted by Crippen LogP contribution is -2.48. The quantitative estimate of drug-likeness (QED) is 0.675. The molecule has 1 heterocycles. The summed E-state index contributed by atoms with van der Waals surface area (Å²) in [6.07, 6.45) is 2.52. The first kappa shape index (κ1) is 10.0. The van der Waals surface area contributed by atoms with E-state index in [9.17, 15) is 0 Å². The van der Waals surface area contributed by atoms with Crippen molar-refractivity contribution in [2.45, 2.75) is 39.2 Å². The van der Waals surface area contributed by atoms with Crippen LogP contribution in [0.25, 0.3) is 0 Å². The lowest BCUT2D eigenvalue weighted by Gasteiger charge is -2.32. The Bertz CT molecular complexity index is 136. The number of likely N-dealkylation sites (N-methyl/N-ethyl adjacent to an activating group) is 1. The van der Waals surface area contributed by atoms with E-state index in [0.29, 0.717) is 5.54 Å². The molecule has 1 aliphatic heterocycles. The van der Waals surface area contributed by atoms with Gasteiger partial charge in [-0.2, -0.15) is 0 Å². The van der Waals surface area contributed by atoms with Crippen molar-refractivity contribution in [1.29, 1.82) is 0 Å². The number of hydrogen-bond acceptors (Lipinski definition) is 2. The standard InChI is InChI=1S/C10H22N2/c1-4-10(3)9-12(5-2)8-6-7-11-10/h11H,4-9H2,1-3H3. The molecule has 0 radical (unpaired) electrons. The molecule has 12 heavy (non-hydrogen) atoms. The monoisotopic (exact) mass is 170 g/mol. The van der Waals surface area contributed by atoms with E-state index in [2.05, 4.69) is 31.0 Å². The minimum absolute atomic E-state index is 0.354. The van der Waals surface area contributed by atoms with Crippen LogP contribution in [0, 0.1) is 0 Å². The van der Waals surface area contributed by atoms with Gasteiger partial charge in [-0.15, -0.1) is 0 Å². The Labute approximate surface area is 76.3 Å². The Morgan fingerprint density at radius 3 is 2.75 bits per heavy atom. The van der Waals surface area contributed by atoms with Gasteiger partial charge in [0.05, 0.1) is 0 Å². The Morgan fingerprint density at radius 1 is 1.42 bits per heavy atom. The fraction of sp³-hybridized carbons (Fsp3) is 1.00. The zero-order chi connectivity index (χ0) is 9.03. The van der Waals surface area contributed by atoms with Gasteiger partial charge in [-0.3, -0.25) is 0 Å². The maximum absolute atomic E-state index is 3.63. The Hall–Kier alpha value is -0.0800. The molecule has 0 aliphatic carbocycles. The van der Waals surface area contributed by atoms with Crippen LogP contribution in [-0.2, 0) is 0 Å². The third-order valence-corrected chi connectivity index (χ3v) is 3.00. The summed E-state index contributed by atoms with van der Waals surface area (Å²) >= 11 is 0. The number of nitrogens with one attached hydrogen (secondary N) is 1. The molecule has 72 valence electrons. The molecule has 1 aliphatic rings. The minimum atomic E-state index is 0.354. The van der Waals surface area contributed by atoms with Gasteiger partial charge in [0.1, 0.15) is 0 Å². The van der Waals surface area contributed by atoms with Gasteiger partial charge in [-0.25, -0.2) is 0 Å². The summed E-state index contributed by atoms with van der Waals surface area (Å²) in [6.45, 7) is 11.7. The predicted molar refractivity (Wildman–Crippen MR) is 53.4 cm³/mol. The first-order valence-corrected chi connectivity index (χ1v) is 5.17. The van der Waals surface area contributed by atoms with Crippen molar-refractivity contribution in [3.63, 3.8) is 0 Å². The highest BCUT2D eigenvalue weighted by Crippen LogP contribution is 2.14. The van der Waals surface area contributed by atoms with Crippen LogP contribution in [0.5, 0.6) is 0 Å². The maximum atomic E-state index is 3.63. The number of hydrogen-bond donors (Lipinski definition) is 1. The van der Waals surface area contributed by atoms with E-state index in [0.717, 1.165) is 0 Å². The molecule has 1 N–H and O–H groups in total. The van der Waals surface area contributed by atoms with E-state index < -0.39 is 0 Å². The molecular formula is C10H22N2. The molecule has 0 aromatic rings. The summed E-state index contributed by atoms with van der Waals surface area (Å²) in [4.78, 5) is 2.55. The van der Waals surface area contributed by atoms with Gasteiger partial charge in [0, 0.05) is 12.1 Å². The van der Waals surface area contributed by atoms with Gasteiger partial charge in [-0.1, -0.05) is 13.8 Å². The fourth-order valence-corrected chi connectivity index (χ4v) is 1.83. The van der Waals surface area contributed by atoms with Crippen LogP contribution in [0.15, 0.2) is 0 Å². The maximum Gasteiger partial charge on any atom is 0.0277 e. The summed E-state index contributed by atoms with van der Waals surface area (Å²) in [5, 5.41) is 3.63. The SMILES string of the molecule is CCN1CCCNC(C)(CC)C1. The van der Waals surface area contributed by atoms with Crippen molar-refractivity contribution in [3.8, 4) is 0 Å². The molecule has 0 saturated carbocycles. The van der Waals surface area contributed by atoms with Crippen LogP contribution in [0.1, 0.15) is 33.6 Å². The van der Waals surface area contributed by atoms with Crippen LogP contribution in [0.4, 0.5) is 0 Å². The summed E-state index contributed by atoms with van der Waals surface area (Å²) in [5.74, 6) is 0. The molecule has 1 saturated heterocycles. The summed E-state index contributed by atoms with van der Waals surface area (Å²) in [5.41, 5.74) is 0.354. The van der Waals surface area contributed by atoms with E-state index >= 15 is 0 Å². The van der Waals surface area contributed by atoms with Gasteiger partial charge in [-0.05, 0) is 39.4 Å². The number of nitrogens with zero attached hydrogens (tertiary/aromatic N) is 1. The molecular weight excluding hydrogens is 148 g/mol. The average molecular weight is 170 g/mol.